The van der Waals surface area contributed by atoms with Gasteiger partial charge in [0.15, 0.2) is 37.7 Å². The van der Waals surface area contributed by atoms with Crippen molar-refractivity contribution in [2.75, 3.05) is 0 Å². The van der Waals surface area contributed by atoms with E-state index in [1.54, 1.807) is 34.6 Å². The molecule has 0 aromatic carbocycles. The van der Waals surface area contributed by atoms with Crippen molar-refractivity contribution in [3.63, 3.8) is 0 Å². The van der Waals surface area contributed by atoms with Crippen molar-refractivity contribution in [2.24, 2.45) is 0 Å². The van der Waals surface area contributed by atoms with Crippen LogP contribution in [-0.4, -0.2) is 166 Å². The second-order valence-electron chi connectivity index (χ2n) is 15.7. The Kier molecular flexibility index (Phi) is 14.5. The van der Waals surface area contributed by atoms with Crippen LogP contribution in [0.3, 0.4) is 0 Å². The highest BCUT2D eigenvalue weighted by Crippen LogP contribution is 2.35. The minimum Gasteiger partial charge on any atom is -0.390 e. The third-order valence-electron chi connectivity index (χ3n) is 11.4. The number of ether oxygens (including phenoxy) is 11. The third kappa shape index (κ3) is 10.4. The molecule has 0 aromatic heterocycles. The first-order valence-electron chi connectivity index (χ1n) is 19.4. The number of aliphatic hydroxyl groups is 6. The summed E-state index contributed by atoms with van der Waals surface area (Å²) in [6.07, 6.45) is -12.1. The van der Waals surface area contributed by atoms with E-state index in [0.29, 0.717) is 25.7 Å². The maximum absolute atomic E-state index is 11.2. The molecule has 0 unspecified atom stereocenters. The summed E-state index contributed by atoms with van der Waals surface area (Å²) in [5.41, 5.74) is 0. The predicted molar refractivity (Wildman–Crippen MR) is 180 cm³/mol. The van der Waals surface area contributed by atoms with Crippen LogP contribution in [0.4, 0.5) is 0 Å². The SMILES string of the molecule is C[C@@H]1O[C@@H](O[C@@H]2C[C@H](O[C@@H]3C[C@H](O)O[C@H](C)[C@H]3O)O[C@H](C)[C@H]2O)CC[C@@H]1O[C@H]1C[C@@H](O)[C@H](O[C@H]2C[C@@H](O[C@H]3CC[C@H](O)[C@H](C)O3)[C@H](O)[C@@H](C)O2)[C@@H](C)O1. The van der Waals surface area contributed by atoms with Gasteiger partial charge in [-0.05, 0) is 54.4 Å². The molecule has 6 saturated heterocycles. The van der Waals surface area contributed by atoms with Crippen molar-refractivity contribution >= 4 is 0 Å². The van der Waals surface area contributed by atoms with Gasteiger partial charge in [-0.15, -0.1) is 0 Å². The average molecular weight is 767 g/mol. The van der Waals surface area contributed by atoms with Gasteiger partial charge >= 0.3 is 0 Å². The van der Waals surface area contributed by atoms with E-state index in [4.69, 9.17) is 52.1 Å². The standard InChI is InChI=1S/C36H62O17/c1-15-21(37)7-9-28(44-15)50-26-14-32(47-19(5)35(26)42)53-36-20(6)48-30(11-22(36)38)49-23-8-10-29(45-16(23)2)51-25-13-31(46-18(4)34(25)41)52-24-12-27(39)43-17(3)33(24)40/h15-42H,7-14H2,1-6H3/t15-,16-,17+,18+,19+,20+,21-,22+,23-,24+,25+,26+,27+,28-,29-,30-,31-,32-,33+,34+,35+,36+/m0/s1. The molecule has 6 aliphatic heterocycles. The Morgan fingerprint density at radius 2 is 0.792 bits per heavy atom. The molecule has 0 aliphatic carbocycles. The van der Waals surface area contributed by atoms with Gasteiger partial charge in [0.1, 0.15) is 24.4 Å². The maximum atomic E-state index is 11.2. The Bertz CT molecular complexity index is 1130. The predicted octanol–water partition coefficient (Wildman–Crippen LogP) is 0.299. The normalized spacial score (nSPS) is 53.0. The van der Waals surface area contributed by atoms with Crippen molar-refractivity contribution in [3.8, 4) is 0 Å². The van der Waals surface area contributed by atoms with E-state index in [2.05, 4.69) is 0 Å². The molecule has 6 rings (SSSR count). The number of aliphatic hydroxyl groups excluding tert-OH is 6. The van der Waals surface area contributed by atoms with E-state index >= 15 is 0 Å². The summed E-state index contributed by atoms with van der Waals surface area (Å²) in [7, 11) is 0. The summed E-state index contributed by atoms with van der Waals surface area (Å²) in [4.78, 5) is 0. The Morgan fingerprint density at radius 1 is 0.358 bits per heavy atom. The zero-order valence-electron chi connectivity index (χ0n) is 31.5. The van der Waals surface area contributed by atoms with Crippen molar-refractivity contribution in [2.45, 2.75) is 228 Å². The lowest BCUT2D eigenvalue weighted by molar-refractivity contribution is -0.340. The van der Waals surface area contributed by atoms with Crippen LogP contribution in [-0.2, 0) is 52.1 Å². The van der Waals surface area contributed by atoms with E-state index < -0.39 is 117 Å². The van der Waals surface area contributed by atoms with Gasteiger partial charge in [-0.1, -0.05) is 0 Å². The highest BCUT2D eigenvalue weighted by molar-refractivity contribution is 4.89. The molecule has 6 N–H and O–H groups in total. The van der Waals surface area contributed by atoms with Crippen LogP contribution in [0.25, 0.3) is 0 Å². The zero-order valence-corrected chi connectivity index (χ0v) is 31.5. The molecular weight excluding hydrogens is 704 g/mol. The summed E-state index contributed by atoms with van der Waals surface area (Å²) >= 11 is 0. The molecular formula is C36H62O17. The van der Waals surface area contributed by atoms with Crippen LogP contribution < -0.4 is 0 Å². The smallest absolute Gasteiger partial charge is 0.161 e. The van der Waals surface area contributed by atoms with E-state index in [1.807, 2.05) is 6.92 Å². The molecule has 6 heterocycles. The highest BCUT2D eigenvalue weighted by Gasteiger charge is 2.46. The molecule has 17 heteroatoms. The lowest BCUT2D eigenvalue weighted by Crippen LogP contribution is -2.56. The molecule has 0 spiro atoms. The molecule has 22 atom stereocenters. The van der Waals surface area contributed by atoms with E-state index in [0.717, 1.165) is 0 Å². The topological polar surface area (TPSA) is 223 Å². The van der Waals surface area contributed by atoms with Gasteiger partial charge in [0, 0.05) is 38.5 Å². The Labute approximate surface area is 310 Å². The zero-order chi connectivity index (χ0) is 38.1. The molecule has 6 fully saturated rings. The van der Waals surface area contributed by atoms with E-state index in [9.17, 15) is 30.6 Å². The van der Waals surface area contributed by atoms with Crippen LogP contribution in [0.2, 0.25) is 0 Å². The number of rotatable bonds is 10. The first kappa shape index (κ1) is 41.9. The average Bonchev–Trinajstić information content (AvgIpc) is 3.09. The molecule has 308 valence electrons. The summed E-state index contributed by atoms with van der Waals surface area (Å²) in [5.74, 6) is 0. The lowest BCUT2D eigenvalue weighted by Gasteiger charge is -2.45. The maximum Gasteiger partial charge on any atom is 0.161 e. The minimum atomic E-state index is -1.06. The van der Waals surface area contributed by atoms with Gasteiger partial charge in [-0.2, -0.15) is 0 Å². The van der Waals surface area contributed by atoms with Gasteiger partial charge in [0.05, 0.1) is 73.2 Å². The molecule has 53 heavy (non-hydrogen) atoms. The van der Waals surface area contributed by atoms with Crippen molar-refractivity contribution in [3.05, 3.63) is 0 Å². The van der Waals surface area contributed by atoms with Crippen molar-refractivity contribution in [1.29, 1.82) is 0 Å². The fourth-order valence-electron chi connectivity index (χ4n) is 8.13. The first-order valence-corrected chi connectivity index (χ1v) is 19.4. The van der Waals surface area contributed by atoms with Crippen LogP contribution in [0, 0.1) is 0 Å². The van der Waals surface area contributed by atoms with Crippen LogP contribution >= 0.6 is 0 Å². The summed E-state index contributed by atoms with van der Waals surface area (Å²) < 4.78 is 66.1. The van der Waals surface area contributed by atoms with Crippen molar-refractivity contribution in [1.82, 2.24) is 0 Å². The first-order chi connectivity index (χ1) is 25.1. The van der Waals surface area contributed by atoms with E-state index in [-0.39, 0.29) is 44.0 Å². The molecule has 0 saturated carbocycles. The molecule has 0 radical (unpaired) electrons. The van der Waals surface area contributed by atoms with Gasteiger partial charge in [-0.25, -0.2) is 0 Å². The van der Waals surface area contributed by atoms with Gasteiger partial charge in [0.25, 0.3) is 0 Å². The van der Waals surface area contributed by atoms with Crippen LogP contribution in [0.15, 0.2) is 0 Å². The fourth-order valence-corrected chi connectivity index (χ4v) is 8.13. The number of hydrogen-bond acceptors (Lipinski definition) is 17. The Hall–Kier alpha value is -0.680. The fraction of sp³-hybridized carbons (Fsp3) is 1.00. The molecule has 0 amide bonds. The summed E-state index contributed by atoms with van der Waals surface area (Å²) in [6, 6.07) is 0. The number of hydrogen-bond donors (Lipinski definition) is 6. The lowest BCUT2D eigenvalue weighted by atomic mass is 9.99. The van der Waals surface area contributed by atoms with Crippen LogP contribution in [0.5, 0.6) is 0 Å². The Balaban J connectivity index is 0.949. The van der Waals surface area contributed by atoms with Crippen LogP contribution in [0.1, 0.15) is 92.9 Å². The van der Waals surface area contributed by atoms with Gasteiger partial charge < -0.3 is 82.7 Å². The molecule has 17 nitrogen and oxygen atoms in total. The minimum absolute atomic E-state index is 0.0886. The third-order valence-corrected chi connectivity index (χ3v) is 11.4. The highest BCUT2D eigenvalue weighted by atomic mass is 16.8. The molecule has 6 aliphatic rings. The second kappa shape index (κ2) is 18.3. The Morgan fingerprint density at radius 3 is 1.36 bits per heavy atom. The molecule has 0 bridgehead atoms. The quantitative estimate of drug-likeness (QED) is 0.176. The molecule has 0 aromatic rings. The van der Waals surface area contributed by atoms with Gasteiger partial charge in [0.2, 0.25) is 0 Å². The summed E-state index contributed by atoms with van der Waals surface area (Å²) in [5, 5.41) is 63.3. The second-order valence-corrected chi connectivity index (χ2v) is 15.7. The monoisotopic (exact) mass is 766 g/mol. The van der Waals surface area contributed by atoms with Gasteiger partial charge in [-0.3, -0.25) is 0 Å². The summed E-state index contributed by atoms with van der Waals surface area (Å²) in [6.45, 7) is 10.6. The van der Waals surface area contributed by atoms with Crippen molar-refractivity contribution < 1.29 is 82.7 Å². The van der Waals surface area contributed by atoms with E-state index in [1.165, 1.54) is 0 Å². The largest absolute Gasteiger partial charge is 0.390 e.